The molecule has 0 N–H and O–H groups in total. The maximum atomic E-state index is 13.4. The van der Waals surface area contributed by atoms with Gasteiger partial charge in [0.2, 0.25) is 11.8 Å². The van der Waals surface area contributed by atoms with Gasteiger partial charge in [-0.2, -0.15) is 23.1 Å². The van der Waals surface area contributed by atoms with Gasteiger partial charge in [-0.15, -0.1) is 0 Å². The van der Waals surface area contributed by atoms with Gasteiger partial charge >= 0.3 is 12.3 Å². The highest BCUT2D eigenvalue weighted by Crippen LogP contribution is 2.40. The van der Waals surface area contributed by atoms with E-state index in [0.29, 0.717) is 30.0 Å². The zero-order valence-electron chi connectivity index (χ0n) is 19.5. The Balaban J connectivity index is 1.94. The van der Waals surface area contributed by atoms with Crippen molar-refractivity contribution < 1.29 is 32.2 Å². The minimum Gasteiger partial charge on any atom is -0.481 e. The third kappa shape index (κ3) is 6.55. The summed E-state index contributed by atoms with van der Waals surface area (Å²) < 4.78 is 56.0. The zero-order valence-corrected chi connectivity index (χ0v) is 20.3. The lowest BCUT2D eigenvalue weighted by molar-refractivity contribution is -0.137. The van der Waals surface area contributed by atoms with Crippen LogP contribution in [0.2, 0.25) is 0 Å². The Morgan fingerprint density at radius 2 is 1.71 bits per heavy atom. The van der Waals surface area contributed by atoms with Crippen LogP contribution in [-0.2, 0) is 10.9 Å². The van der Waals surface area contributed by atoms with Crippen molar-refractivity contribution in [2.75, 3.05) is 27.3 Å². The van der Waals surface area contributed by atoms with E-state index in [2.05, 4.69) is 9.97 Å². The lowest BCUT2D eigenvalue weighted by atomic mass is 9.98. The maximum Gasteiger partial charge on any atom is 0.416 e. The summed E-state index contributed by atoms with van der Waals surface area (Å²) in [5.41, 5.74) is 0.0503. The number of amides is 1. The van der Waals surface area contributed by atoms with Crippen LogP contribution in [0, 0.1) is 0 Å². The predicted octanol–water partition coefficient (Wildman–Crippen LogP) is 5.69. The van der Waals surface area contributed by atoms with E-state index in [1.807, 2.05) is 6.08 Å². The van der Waals surface area contributed by atoms with Gasteiger partial charge in [-0.3, -0.25) is 0 Å². The summed E-state index contributed by atoms with van der Waals surface area (Å²) in [5.74, 6) is 0.459. The topological polar surface area (TPSA) is 73.8 Å². The second-order valence-corrected chi connectivity index (χ2v) is 9.46. The average molecular weight is 498 g/mol. The summed E-state index contributed by atoms with van der Waals surface area (Å²) in [7, 11) is 2.85. The molecule has 0 atom stereocenters. The quantitative estimate of drug-likeness (QED) is 0.492. The van der Waals surface area contributed by atoms with E-state index < -0.39 is 23.4 Å². The molecule has 0 spiro atoms. The molecule has 2 aromatic rings. The third-order valence-electron chi connectivity index (χ3n) is 4.79. The van der Waals surface area contributed by atoms with Crippen LogP contribution >= 0.6 is 11.8 Å². The Morgan fingerprint density at radius 1 is 1.06 bits per heavy atom. The summed E-state index contributed by atoms with van der Waals surface area (Å²) in [6.07, 6.45) is -2.65. The number of halogens is 3. The molecular weight excluding hydrogens is 471 g/mol. The molecule has 0 saturated heterocycles. The molecule has 0 fully saturated rings. The van der Waals surface area contributed by atoms with Crippen LogP contribution in [0.1, 0.15) is 38.3 Å². The molecule has 11 heteroatoms. The van der Waals surface area contributed by atoms with E-state index in [-0.39, 0.29) is 16.9 Å². The third-order valence-corrected chi connectivity index (χ3v) is 5.72. The van der Waals surface area contributed by atoms with E-state index in [4.69, 9.17) is 14.2 Å². The Kier molecular flexibility index (Phi) is 7.64. The molecule has 184 valence electrons. The van der Waals surface area contributed by atoms with Crippen molar-refractivity contribution in [3.05, 3.63) is 41.5 Å². The number of carbonyl (C=O) groups excluding carboxylic acids is 1. The summed E-state index contributed by atoms with van der Waals surface area (Å²) in [6, 6.07) is 5.05. The number of nitrogens with zero attached hydrogens (tertiary/aromatic N) is 3. The van der Waals surface area contributed by atoms with Crippen molar-refractivity contribution >= 4 is 23.4 Å². The van der Waals surface area contributed by atoms with E-state index in [9.17, 15) is 18.0 Å². The van der Waals surface area contributed by atoms with Gasteiger partial charge < -0.3 is 19.1 Å². The monoisotopic (exact) mass is 497 g/mol. The van der Waals surface area contributed by atoms with Crippen LogP contribution in [0.3, 0.4) is 0 Å². The number of benzene rings is 1. The first-order valence-corrected chi connectivity index (χ1v) is 11.2. The Labute approximate surface area is 200 Å². The first-order chi connectivity index (χ1) is 15.9. The van der Waals surface area contributed by atoms with Gasteiger partial charge in [-0.25, -0.2) is 4.79 Å². The number of alkyl halides is 3. The van der Waals surface area contributed by atoms with Gasteiger partial charge in [0.05, 0.1) is 25.8 Å². The molecule has 0 aliphatic carbocycles. The summed E-state index contributed by atoms with van der Waals surface area (Å²) >= 11 is 0.984. The standard InChI is InChI=1S/C23H26F3N3O4S/c1-22(2,3)33-21(30)29-10-8-14(9-11-29)16-7-6-15(23(24,25)26)12-17(16)34-20-27-18(31-4)13-19(28-20)32-5/h6-8,12-13H,9-11H2,1-5H3. The van der Waals surface area contributed by atoms with Gasteiger partial charge in [0, 0.05) is 18.0 Å². The van der Waals surface area contributed by atoms with Gasteiger partial charge in [0.25, 0.3) is 0 Å². The van der Waals surface area contributed by atoms with Crippen molar-refractivity contribution in [2.24, 2.45) is 0 Å². The van der Waals surface area contributed by atoms with Crippen LogP contribution in [0.25, 0.3) is 5.57 Å². The van der Waals surface area contributed by atoms with Gasteiger partial charge in [-0.1, -0.05) is 12.1 Å². The molecule has 1 amide bonds. The molecular formula is C23H26F3N3O4S. The first-order valence-electron chi connectivity index (χ1n) is 10.4. The van der Waals surface area contributed by atoms with E-state index >= 15 is 0 Å². The fraction of sp³-hybridized carbons (Fsp3) is 0.435. The smallest absolute Gasteiger partial charge is 0.416 e. The molecule has 3 rings (SSSR count). The number of methoxy groups -OCH3 is 2. The molecule has 7 nitrogen and oxygen atoms in total. The van der Waals surface area contributed by atoms with Gasteiger partial charge in [-0.05, 0) is 62.2 Å². The number of carbonyl (C=O) groups is 1. The van der Waals surface area contributed by atoms with Crippen LogP contribution in [0.15, 0.2) is 40.4 Å². The highest BCUT2D eigenvalue weighted by molar-refractivity contribution is 7.99. The number of ether oxygens (including phenoxy) is 3. The Morgan fingerprint density at radius 3 is 2.21 bits per heavy atom. The average Bonchev–Trinajstić information content (AvgIpc) is 2.77. The Hall–Kier alpha value is -2.95. The predicted molar refractivity (Wildman–Crippen MR) is 121 cm³/mol. The lowest BCUT2D eigenvalue weighted by Crippen LogP contribution is -2.39. The lowest BCUT2D eigenvalue weighted by Gasteiger charge is -2.30. The summed E-state index contributed by atoms with van der Waals surface area (Å²) in [6.45, 7) is 6.04. The summed E-state index contributed by atoms with van der Waals surface area (Å²) in [5, 5.41) is 0.184. The fourth-order valence-electron chi connectivity index (χ4n) is 3.19. The molecule has 0 radical (unpaired) electrons. The van der Waals surface area contributed by atoms with E-state index in [0.717, 1.165) is 29.5 Å². The molecule has 1 aromatic carbocycles. The summed E-state index contributed by atoms with van der Waals surface area (Å²) in [4.78, 5) is 22.7. The van der Waals surface area contributed by atoms with Crippen LogP contribution in [0.4, 0.5) is 18.0 Å². The molecule has 1 aliphatic heterocycles. The fourth-order valence-corrected chi connectivity index (χ4v) is 4.15. The van der Waals surface area contributed by atoms with Crippen molar-refractivity contribution in [2.45, 2.75) is 49.0 Å². The molecule has 0 bridgehead atoms. The normalized spacial score (nSPS) is 14.5. The van der Waals surface area contributed by atoms with Crippen molar-refractivity contribution in [3.63, 3.8) is 0 Å². The number of rotatable bonds is 5. The molecule has 1 aliphatic rings. The SMILES string of the molecule is COc1cc(OC)nc(Sc2cc(C(F)(F)F)ccc2C2=CCN(C(=O)OC(C)(C)C)CC2)n1. The molecule has 34 heavy (non-hydrogen) atoms. The molecule has 1 aromatic heterocycles. The number of aromatic nitrogens is 2. The van der Waals surface area contributed by atoms with Crippen LogP contribution in [0.5, 0.6) is 11.8 Å². The second kappa shape index (κ2) is 10.1. The molecule has 0 saturated carbocycles. The molecule has 2 heterocycles. The second-order valence-electron chi connectivity index (χ2n) is 8.45. The van der Waals surface area contributed by atoms with E-state index in [1.54, 1.807) is 25.7 Å². The van der Waals surface area contributed by atoms with Crippen molar-refractivity contribution in [3.8, 4) is 11.8 Å². The number of hydrogen-bond acceptors (Lipinski definition) is 7. The Bertz CT molecular complexity index is 1060. The largest absolute Gasteiger partial charge is 0.481 e. The molecule has 0 unspecified atom stereocenters. The van der Waals surface area contributed by atoms with Crippen LogP contribution in [-0.4, -0.2) is 53.9 Å². The minimum atomic E-state index is -4.50. The van der Waals surface area contributed by atoms with Gasteiger partial charge in [0.1, 0.15) is 5.60 Å². The van der Waals surface area contributed by atoms with Crippen molar-refractivity contribution in [1.82, 2.24) is 14.9 Å². The van der Waals surface area contributed by atoms with Gasteiger partial charge in [0.15, 0.2) is 5.16 Å². The number of hydrogen-bond donors (Lipinski definition) is 0. The minimum absolute atomic E-state index is 0.184. The van der Waals surface area contributed by atoms with Crippen LogP contribution < -0.4 is 9.47 Å². The highest BCUT2D eigenvalue weighted by Gasteiger charge is 2.32. The maximum absolute atomic E-state index is 13.4. The first kappa shape index (κ1) is 25.7. The highest BCUT2D eigenvalue weighted by atomic mass is 32.2. The van der Waals surface area contributed by atoms with Crippen molar-refractivity contribution in [1.29, 1.82) is 0 Å². The zero-order chi connectivity index (χ0) is 25.1. The van der Waals surface area contributed by atoms with E-state index in [1.165, 1.54) is 26.4 Å².